The third kappa shape index (κ3) is 2.57. The fraction of sp³-hybridized carbons (Fsp3) is 0.562. The highest BCUT2D eigenvalue weighted by Gasteiger charge is 2.40. The van der Waals surface area contributed by atoms with Crippen molar-refractivity contribution in [1.29, 1.82) is 5.26 Å². The summed E-state index contributed by atoms with van der Waals surface area (Å²) in [6.45, 7) is 7.90. The van der Waals surface area contributed by atoms with E-state index in [-0.39, 0.29) is 5.54 Å². The van der Waals surface area contributed by atoms with Gasteiger partial charge in [0.25, 0.3) is 0 Å². The highest BCUT2D eigenvalue weighted by Crippen LogP contribution is 2.39. The number of nitriles is 1. The lowest BCUT2D eigenvalue weighted by Crippen LogP contribution is -2.39. The Bertz CT molecular complexity index is 430. The second kappa shape index (κ2) is 5.12. The SMILES string of the molecule is CC(c1ccccc1)N1CC(CC#N)CC1(C)C. The normalized spacial score (nSPS) is 24.7. The zero-order chi connectivity index (χ0) is 13.2. The summed E-state index contributed by atoms with van der Waals surface area (Å²) in [7, 11) is 0. The van der Waals surface area contributed by atoms with E-state index in [1.165, 1.54) is 5.56 Å². The van der Waals surface area contributed by atoms with Crippen LogP contribution >= 0.6 is 0 Å². The first kappa shape index (κ1) is 13.1. The first-order valence-electron chi connectivity index (χ1n) is 6.73. The smallest absolute Gasteiger partial charge is 0.0625 e. The molecule has 1 aliphatic heterocycles. The molecule has 0 radical (unpaired) electrons. The maximum Gasteiger partial charge on any atom is 0.0625 e. The summed E-state index contributed by atoms with van der Waals surface area (Å²) in [6, 6.07) is 13.4. The van der Waals surface area contributed by atoms with Gasteiger partial charge in [-0.05, 0) is 38.7 Å². The Balaban J connectivity index is 2.16. The van der Waals surface area contributed by atoms with Crippen molar-refractivity contribution in [2.75, 3.05) is 6.54 Å². The molecule has 0 spiro atoms. The van der Waals surface area contributed by atoms with Crippen molar-refractivity contribution < 1.29 is 0 Å². The minimum Gasteiger partial charge on any atom is -0.291 e. The zero-order valence-electron chi connectivity index (χ0n) is 11.6. The van der Waals surface area contributed by atoms with Crippen molar-refractivity contribution in [1.82, 2.24) is 4.90 Å². The largest absolute Gasteiger partial charge is 0.291 e. The van der Waals surface area contributed by atoms with Crippen molar-refractivity contribution in [3.8, 4) is 6.07 Å². The van der Waals surface area contributed by atoms with Gasteiger partial charge in [-0.25, -0.2) is 0 Å². The number of hydrogen-bond donors (Lipinski definition) is 0. The van der Waals surface area contributed by atoms with Crippen LogP contribution in [0.1, 0.15) is 45.2 Å². The third-order valence-electron chi connectivity index (χ3n) is 4.15. The molecule has 2 nitrogen and oxygen atoms in total. The molecule has 1 aliphatic rings. The number of hydrogen-bond acceptors (Lipinski definition) is 2. The minimum absolute atomic E-state index is 0.191. The molecule has 2 rings (SSSR count). The van der Waals surface area contributed by atoms with Gasteiger partial charge in [-0.15, -0.1) is 0 Å². The van der Waals surface area contributed by atoms with Crippen LogP contribution in [-0.4, -0.2) is 17.0 Å². The summed E-state index contributed by atoms with van der Waals surface area (Å²) in [4.78, 5) is 2.55. The van der Waals surface area contributed by atoms with Crippen LogP contribution in [0, 0.1) is 17.2 Å². The Kier molecular flexibility index (Phi) is 3.73. The molecule has 2 heteroatoms. The van der Waals surface area contributed by atoms with Crippen LogP contribution in [0.2, 0.25) is 0 Å². The van der Waals surface area contributed by atoms with Gasteiger partial charge in [-0.3, -0.25) is 4.90 Å². The van der Waals surface area contributed by atoms with E-state index in [0.717, 1.165) is 13.0 Å². The molecule has 1 fully saturated rings. The summed E-state index contributed by atoms with van der Waals surface area (Å²) in [6.07, 6.45) is 1.80. The topological polar surface area (TPSA) is 27.0 Å². The first-order chi connectivity index (χ1) is 8.54. The summed E-state index contributed by atoms with van der Waals surface area (Å²) < 4.78 is 0. The highest BCUT2D eigenvalue weighted by atomic mass is 15.2. The Morgan fingerprint density at radius 3 is 2.67 bits per heavy atom. The van der Waals surface area contributed by atoms with Crippen molar-refractivity contribution in [2.24, 2.45) is 5.92 Å². The molecule has 2 atom stereocenters. The number of rotatable bonds is 3. The maximum atomic E-state index is 8.87. The van der Waals surface area contributed by atoms with Gasteiger partial charge in [-0.1, -0.05) is 30.3 Å². The number of likely N-dealkylation sites (tertiary alicyclic amines) is 1. The van der Waals surface area contributed by atoms with Crippen molar-refractivity contribution in [3.05, 3.63) is 35.9 Å². The molecule has 0 bridgehead atoms. The molecule has 0 amide bonds. The summed E-state index contributed by atoms with van der Waals surface area (Å²) in [5.41, 5.74) is 1.56. The van der Waals surface area contributed by atoms with Gasteiger partial charge < -0.3 is 0 Å². The molecule has 2 unspecified atom stereocenters. The molecule has 1 heterocycles. The maximum absolute atomic E-state index is 8.87. The lowest BCUT2D eigenvalue weighted by molar-refractivity contribution is 0.124. The Hall–Kier alpha value is -1.33. The van der Waals surface area contributed by atoms with E-state index in [1.54, 1.807) is 0 Å². The molecule has 0 N–H and O–H groups in total. The predicted octanol–water partition coefficient (Wildman–Crippen LogP) is 3.76. The van der Waals surface area contributed by atoms with E-state index in [1.807, 2.05) is 0 Å². The molecule has 96 valence electrons. The van der Waals surface area contributed by atoms with E-state index < -0.39 is 0 Å². The van der Waals surface area contributed by atoms with Gasteiger partial charge in [-0.2, -0.15) is 5.26 Å². The summed E-state index contributed by atoms with van der Waals surface area (Å²) >= 11 is 0. The van der Waals surface area contributed by atoms with Crippen LogP contribution in [0.25, 0.3) is 0 Å². The van der Waals surface area contributed by atoms with Crippen molar-refractivity contribution >= 4 is 0 Å². The molecular formula is C16H22N2. The molecular weight excluding hydrogens is 220 g/mol. The third-order valence-corrected chi connectivity index (χ3v) is 4.15. The summed E-state index contributed by atoms with van der Waals surface area (Å²) in [5.74, 6) is 0.524. The Morgan fingerprint density at radius 1 is 1.39 bits per heavy atom. The van der Waals surface area contributed by atoms with Crippen LogP contribution in [0.5, 0.6) is 0 Å². The van der Waals surface area contributed by atoms with Gasteiger partial charge in [0.15, 0.2) is 0 Å². The lowest BCUT2D eigenvalue weighted by atomic mass is 9.94. The fourth-order valence-electron chi connectivity index (χ4n) is 3.27. The summed E-state index contributed by atoms with van der Waals surface area (Å²) in [5, 5.41) is 8.87. The predicted molar refractivity (Wildman–Crippen MR) is 74.0 cm³/mol. The molecule has 1 aromatic rings. The van der Waals surface area contributed by atoms with Gasteiger partial charge in [0.05, 0.1) is 6.07 Å². The highest BCUT2D eigenvalue weighted by molar-refractivity contribution is 5.19. The second-order valence-electron chi connectivity index (χ2n) is 5.98. The van der Waals surface area contributed by atoms with Crippen LogP contribution in [0.15, 0.2) is 30.3 Å². The van der Waals surface area contributed by atoms with Crippen molar-refractivity contribution in [2.45, 2.75) is 45.2 Å². The van der Waals surface area contributed by atoms with Crippen molar-refractivity contribution in [3.63, 3.8) is 0 Å². The lowest BCUT2D eigenvalue weighted by Gasteiger charge is -2.36. The monoisotopic (exact) mass is 242 g/mol. The minimum atomic E-state index is 0.191. The van der Waals surface area contributed by atoms with E-state index in [4.69, 9.17) is 5.26 Å². The van der Waals surface area contributed by atoms with Gasteiger partial charge in [0, 0.05) is 24.5 Å². The average Bonchev–Trinajstić information content (AvgIpc) is 2.65. The van der Waals surface area contributed by atoms with Crippen LogP contribution in [0.3, 0.4) is 0 Å². The fourth-order valence-corrected chi connectivity index (χ4v) is 3.27. The van der Waals surface area contributed by atoms with E-state index in [0.29, 0.717) is 18.4 Å². The van der Waals surface area contributed by atoms with E-state index >= 15 is 0 Å². The second-order valence-corrected chi connectivity index (χ2v) is 5.98. The zero-order valence-corrected chi connectivity index (χ0v) is 11.6. The molecule has 0 saturated carbocycles. The van der Waals surface area contributed by atoms with E-state index in [9.17, 15) is 0 Å². The molecule has 18 heavy (non-hydrogen) atoms. The van der Waals surface area contributed by atoms with Crippen LogP contribution in [-0.2, 0) is 0 Å². The standard InChI is InChI=1S/C16H22N2/c1-13(15-7-5-4-6-8-15)18-12-14(9-10-17)11-16(18,2)3/h4-8,13-14H,9,11-12H2,1-3H3. The average molecular weight is 242 g/mol. The van der Waals surface area contributed by atoms with Crippen LogP contribution in [0.4, 0.5) is 0 Å². The van der Waals surface area contributed by atoms with Gasteiger partial charge in [0.1, 0.15) is 0 Å². The van der Waals surface area contributed by atoms with Gasteiger partial charge in [0.2, 0.25) is 0 Å². The molecule has 1 aromatic carbocycles. The number of benzene rings is 1. The first-order valence-corrected chi connectivity index (χ1v) is 6.73. The molecule has 0 aromatic heterocycles. The van der Waals surface area contributed by atoms with Crippen LogP contribution < -0.4 is 0 Å². The Morgan fingerprint density at radius 2 is 2.06 bits per heavy atom. The van der Waals surface area contributed by atoms with E-state index in [2.05, 4.69) is 62.1 Å². The number of nitrogens with zero attached hydrogens (tertiary/aromatic N) is 2. The Labute approximate surface area is 110 Å². The molecule has 1 saturated heterocycles. The molecule has 0 aliphatic carbocycles. The quantitative estimate of drug-likeness (QED) is 0.807. The van der Waals surface area contributed by atoms with Gasteiger partial charge >= 0.3 is 0 Å².